The van der Waals surface area contributed by atoms with Crippen LogP contribution in [0.2, 0.25) is 0 Å². The largest absolute Gasteiger partial charge is 0.423 e. The first-order chi connectivity index (χ1) is 8.99. The molecule has 0 saturated heterocycles. The monoisotopic (exact) mass is 298 g/mol. The molecule has 0 spiro atoms. The average Bonchev–Trinajstić information content (AvgIpc) is 2.26. The molecule has 1 N–H and O–H groups in total. The second kappa shape index (κ2) is 5.76. The van der Waals surface area contributed by atoms with Crippen molar-refractivity contribution in [2.45, 2.75) is 33.1 Å². The summed E-state index contributed by atoms with van der Waals surface area (Å²) in [6, 6.07) is 6.95. The van der Waals surface area contributed by atoms with Gasteiger partial charge in [0.25, 0.3) is 10.1 Å². The van der Waals surface area contributed by atoms with Gasteiger partial charge in [0.15, 0.2) is 0 Å². The summed E-state index contributed by atoms with van der Waals surface area (Å²) in [6.07, 6.45) is 0. The SMILES string of the molecule is CC(=CS(=O)(=O)O)C(=O)Oc1ccc(C(C)(C)C)cc1. The van der Waals surface area contributed by atoms with Crippen LogP contribution in [0.15, 0.2) is 35.2 Å². The fourth-order valence-electron chi connectivity index (χ4n) is 1.48. The van der Waals surface area contributed by atoms with E-state index in [1.165, 1.54) is 6.92 Å². The van der Waals surface area contributed by atoms with E-state index >= 15 is 0 Å². The predicted octanol–water partition coefficient (Wildman–Crippen LogP) is 2.68. The number of carbonyl (C=O) groups excluding carboxylic acids is 1. The number of hydrogen-bond acceptors (Lipinski definition) is 4. The van der Waals surface area contributed by atoms with Crippen molar-refractivity contribution in [2.24, 2.45) is 0 Å². The van der Waals surface area contributed by atoms with Crippen molar-refractivity contribution in [2.75, 3.05) is 0 Å². The van der Waals surface area contributed by atoms with Gasteiger partial charge >= 0.3 is 5.97 Å². The topological polar surface area (TPSA) is 80.7 Å². The van der Waals surface area contributed by atoms with Gasteiger partial charge in [-0.05, 0) is 30.0 Å². The van der Waals surface area contributed by atoms with Crippen molar-refractivity contribution in [1.82, 2.24) is 0 Å². The summed E-state index contributed by atoms with van der Waals surface area (Å²) < 4.78 is 34.9. The summed E-state index contributed by atoms with van der Waals surface area (Å²) in [7, 11) is -4.35. The molecule has 0 fully saturated rings. The zero-order valence-electron chi connectivity index (χ0n) is 11.9. The van der Waals surface area contributed by atoms with Crippen LogP contribution in [0.25, 0.3) is 0 Å². The van der Waals surface area contributed by atoms with Gasteiger partial charge < -0.3 is 4.74 Å². The lowest BCUT2D eigenvalue weighted by molar-refractivity contribution is -0.130. The highest BCUT2D eigenvalue weighted by atomic mass is 32.2. The quantitative estimate of drug-likeness (QED) is 0.401. The average molecular weight is 298 g/mol. The minimum atomic E-state index is -4.35. The molecule has 0 radical (unpaired) electrons. The lowest BCUT2D eigenvalue weighted by atomic mass is 9.87. The van der Waals surface area contributed by atoms with Crippen molar-refractivity contribution in [3.05, 3.63) is 40.8 Å². The maximum absolute atomic E-state index is 11.6. The van der Waals surface area contributed by atoms with E-state index in [9.17, 15) is 13.2 Å². The second-order valence-electron chi connectivity index (χ2n) is 5.48. The Morgan fingerprint density at radius 3 is 2.10 bits per heavy atom. The fraction of sp³-hybridized carbons (Fsp3) is 0.357. The van der Waals surface area contributed by atoms with E-state index in [0.717, 1.165) is 5.56 Å². The van der Waals surface area contributed by atoms with E-state index in [1.54, 1.807) is 12.1 Å². The van der Waals surface area contributed by atoms with Gasteiger partial charge in [0.1, 0.15) is 5.75 Å². The molecule has 0 heterocycles. The second-order valence-corrected chi connectivity index (χ2v) is 6.75. The molecule has 0 bridgehead atoms. The zero-order valence-corrected chi connectivity index (χ0v) is 12.7. The van der Waals surface area contributed by atoms with Crippen LogP contribution in [0, 0.1) is 0 Å². The van der Waals surface area contributed by atoms with Crippen LogP contribution in [0.5, 0.6) is 5.75 Å². The Hall–Kier alpha value is -1.66. The number of hydrogen-bond donors (Lipinski definition) is 1. The Labute approximate surface area is 119 Å². The molecule has 0 aliphatic heterocycles. The number of carbonyl (C=O) groups is 1. The number of rotatable bonds is 3. The van der Waals surface area contributed by atoms with E-state index < -0.39 is 16.1 Å². The molecule has 0 unspecified atom stereocenters. The highest BCUT2D eigenvalue weighted by Gasteiger charge is 2.15. The van der Waals surface area contributed by atoms with Crippen molar-refractivity contribution < 1.29 is 22.5 Å². The molecule has 0 aromatic heterocycles. The smallest absolute Gasteiger partial charge is 0.339 e. The van der Waals surface area contributed by atoms with Gasteiger partial charge in [0.2, 0.25) is 0 Å². The lowest BCUT2D eigenvalue weighted by Crippen LogP contribution is -2.12. The van der Waals surface area contributed by atoms with Gasteiger partial charge in [-0.2, -0.15) is 8.42 Å². The number of benzene rings is 1. The molecule has 1 aromatic rings. The minimum absolute atomic E-state index is 0.0106. The van der Waals surface area contributed by atoms with E-state index in [-0.39, 0.29) is 11.0 Å². The zero-order chi connectivity index (χ0) is 15.6. The first kappa shape index (κ1) is 16.4. The number of esters is 1. The van der Waals surface area contributed by atoms with Gasteiger partial charge in [0, 0.05) is 5.57 Å². The molecule has 0 aliphatic rings. The molecule has 0 atom stereocenters. The van der Waals surface area contributed by atoms with Gasteiger partial charge in [-0.1, -0.05) is 32.9 Å². The third-order valence-electron chi connectivity index (χ3n) is 2.58. The van der Waals surface area contributed by atoms with Crippen LogP contribution < -0.4 is 4.74 Å². The van der Waals surface area contributed by atoms with Crippen LogP contribution in [0.4, 0.5) is 0 Å². The Kier molecular flexibility index (Phi) is 4.73. The molecule has 5 nitrogen and oxygen atoms in total. The van der Waals surface area contributed by atoms with Crippen molar-refractivity contribution in [3.63, 3.8) is 0 Å². The summed E-state index contributed by atoms with van der Waals surface area (Å²) in [6.45, 7) is 7.44. The van der Waals surface area contributed by atoms with Gasteiger partial charge in [-0.25, -0.2) is 4.79 Å². The first-order valence-corrected chi connectivity index (χ1v) is 7.48. The van der Waals surface area contributed by atoms with Crippen LogP contribution in [-0.4, -0.2) is 18.9 Å². The van der Waals surface area contributed by atoms with E-state index in [0.29, 0.717) is 11.2 Å². The predicted molar refractivity (Wildman–Crippen MR) is 76.1 cm³/mol. The van der Waals surface area contributed by atoms with Gasteiger partial charge in [0.05, 0.1) is 5.41 Å². The van der Waals surface area contributed by atoms with Gasteiger partial charge in [-0.3, -0.25) is 4.55 Å². The molecule has 20 heavy (non-hydrogen) atoms. The summed E-state index contributed by atoms with van der Waals surface area (Å²) in [5.41, 5.74) is 0.874. The molecule has 1 aromatic carbocycles. The standard InChI is InChI=1S/C14H18O5S/c1-10(9-20(16,17)18)13(15)19-12-7-5-11(6-8-12)14(2,3)4/h5-9H,1-4H3,(H,16,17,18). The minimum Gasteiger partial charge on any atom is -0.423 e. The third kappa shape index (κ3) is 5.14. The molecule has 1 rings (SSSR count). The maximum atomic E-state index is 11.6. The molecule has 0 amide bonds. The summed E-state index contributed by atoms with van der Waals surface area (Å²) in [5.74, 6) is -0.516. The van der Waals surface area contributed by atoms with Crippen molar-refractivity contribution in [1.29, 1.82) is 0 Å². The molecular formula is C14H18O5S. The van der Waals surface area contributed by atoms with Gasteiger partial charge in [-0.15, -0.1) is 0 Å². The highest BCUT2D eigenvalue weighted by Crippen LogP contribution is 2.24. The van der Waals surface area contributed by atoms with Crippen LogP contribution in [0.3, 0.4) is 0 Å². The van der Waals surface area contributed by atoms with Crippen LogP contribution in [-0.2, 0) is 20.3 Å². The van der Waals surface area contributed by atoms with Crippen molar-refractivity contribution in [3.8, 4) is 5.75 Å². The Morgan fingerprint density at radius 2 is 1.70 bits per heavy atom. The fourth-order valence-corrected chi connectivity index (χ4v) is 2.03. The Morgan fingerprint density at radius 1 is 1.20 bits per heavy atom. The molecule has 0 aliphatic carbocycles. The van der Waals surface area contributed by atoms with Crippen LogP contribution >= 0.6 is 0 Å². The normalized spacial score (nSPS) is 13.2. The summed E-state index contributed by atoms with van der Waals surface area (Å²) in [5, 5.41) is 0.457. The third-order valence-corrected chi connectivity index (χ3v) is 3.23. The number of ether oxygens (including phenoxy) is 1. The first-order valence-electron chi connectivity index (χ1n) is 5.97. The van der Waals surface area contributed by atoms with Crippen molar-refractivity contribution >= 4 is 16.1 Å². The van der Waals surface area contributed by atoms with Crippen LogP contribution in [0.1, 0.15) is 33.3 Å². The highest BCUT2D eigenvalue weighted by molar-refractivity contribution is 7.88. The molecular weight excluding hydrogens is 280 g/mol. The summed E-state index contributed by atoms with van der Waals surface area (Å²) in [4.78, 5) is 11.6. The maximum Gasteiger partial charge on any atom is 0.339 e. The Bertz CT molecular complexity index is 619. The summed E-state index contributed by atoms with van der Waals surface area (Å²) >= 11 is 0. The Balaban J connectivity index is 2.85. The molecule has 6 heteroatoms. The van der Waals surface area contributed by atoms with E-state index in [4.69, 9.17) is 9.29 Å². The molecule has 110 valence electrons. The van der Waals surface area contributed by atoms with E-state index in [2.05, 4.69) is 20.8 Å². The molecule has 0 saturated carbocycles. The lowest BCUT2D eigenvalue weighted by Gasteiger charge is -2.19. The van der Waals surface area contributed by atoms with E-state index in [1.807, 2.05) is 12.1 Å².